The van der Waals surface area contributed by atoms with Gasteiger partial charge in [-0.1, -0.05) is 0 Å². The minimum absolute atomic E-state index is 0.00482. The third-order valence-electron chi connectivity index (χ3n) is 2.29. The van der Waals surface area contributed by atoms with E-state index in [1.807, 2.05) is 0 Å². The van der Waals surface area contributed by atoms with Gasteiger partial charge in [-0.15, -0.1) is 0 Å². The Kier molecular flexibility index (Phi) is 5.42. The predicted octanol–water partition coefficient (Wildman–Crippen LogP) is 1.34. The molecule has 0 saturated heterocycles. The Morgan fingerprint density at radius 3 is 2.82 bits per heavy atom. The lowest BCUT2D eigenvalue weighted by molar-refractivity contribution is 0.0948. The lowest BCUT2D eigenvalue weighted by Gasteiger charge is -2.06. The Hall–Kier alpha value is -1.62. The van der Waals surface area contributed by atoms with Crippen molar-refractivity contribution in [1.82, 2.24) is 5.32 Å². The molecule has 0 aliphatic heterocycles. The van der Waals surface area contributed by atoms with Crippen LogP contribution in [-0.2, 0) is 0 Å². The summed E-state index contributed by atoms with van der Waals surface area (Å²) in [5.41, 5.74) is -0.00482. The quantitative estimate of drug-likeness (QED) is 0.739. The average Bonchev–Trinajstić information content (AvgIpc) is 2.34. The number of amides is 1. The van der Waals surface area contributed by atoms with Gasteiger partial charge in [-0.2, -0.15) is 0 Å². The molecule has 0 fully saturated rings. The zero-order valence-electron chi connectivity index (χ0n) is 9.70. The molecule has 0 radical (unpaired) electrons. The summed E-state index contributed by atoms with van der Waals surface area (Å²) in [6.45, 7) is 0.512. The molecular weight excluding hydrogens is 225 g/mol. The molecule has 17 heavy (non-hydrogen) atoms. The number of carbonyl (C=O) groups excluding carboxylic acids is 1. The summed E-state index contributed by atoms with van der Waals surface area (Å²) in [4.78, 5) is 11.6. The molecule has 0 atom stereocenters. The molecule has 0 spiro atoms. The number of hydrogen-bond acceptors (Lipinski definition) is 3. The second kappa shape index (κ2) is 6.85. The second-order valence-electron chi connectivity index (χ2n) is 3.53. The van der Waals surface area contributed by atoms with Crippen LogP contribution in [-0.4, -0.2) is 31.3 Å². The number of hydrogen-bond donors (Lipinski definition) is 2. The molecule has 0 heterocycles. The van der Waals surface area contributed by atoms with E-state index in [0.29, 0.717) is 25.1 Å². The van der Waals surface area contributed by atoms with Gasteiger partial charge in [-0.25, -0.2) is 4.39 Å². The minimum atomic E-state index is -0.607. The van der Waals surface area contributed by atoms with E-state index in [2.05, 4.69) is 5.32 Å². The highest BCUT2D eigenvalue weighted by Crippen LogP contribution is 2.15. The molecule has 0 saturated carbocycles. The highest BCUT2D eigenvalue weighted by atomic mass is 19.1. The molecule has 0 aromatic heterocycles. The number of unbranched alkanes of at least 4 members (excludes halogenated alkanes) is 1. The molecule has 4 nitrogen and oxygen atoms in total. The van der Waals surface area contributed by atoms with Gasteiger partial charge in [0.1, 0.15) is 11.6 Å². The van der Waals surface area contributed by atoms with Crippen molar-refractivity contribution in [2.75, 3.05) is 20.3 Å². The van der Waals surface area contributed by atoms with Gasteiger partial charge < -0.3 is 15.2 Å². The van der Waals surface area contributed by atoms with Crippen LogP contribution in [0, 0.1) is 5.82 Å². The third-order valence-corrected chi connectivity index (χ3v) is 2.29. The summed E-state index contributed by atoms with van der Waals surface area (Å²) >= 11 is 0. The van der Waals surface area contributed by atoms with Crippen molar-refractivity contribution in [3.63, 3.8) is 0 Å². The molecule has 5 heteroatoms. The van der Waals surface area contributed by atoms with Crippen LogP contribution in [0.15, 0.2) is 18.2 Å². The number of nitrogens with one attached hydrogen (secondary N) is 1. The molecule has 1 aromatic rings. The molecule has 2 N–H and O–H groups in total. The van der Waals surface area contributed by atoms with Crippen molar-refractivity contribution in [2.45, 2.75) is 12.8 Å². The van der Waals surface area contributed by atoms with E-state index in [0.717, 1.165) is 0 Å². The summed E-state index contributed by atoms with van der Waals surface area (Å²) in [5.74, 6) is -0.688. The summed E-state index contributed by atoms with van der Waals surface area (Å²) < 4.78 is 18.3. The zero-order valence-corrected chi connectivity index (χ0v) is 9.70. The number of carbonyl (C=O) groups is 1. The van der Waals surface area contributed by atoms with E-state index >= 15 is 0 Å². The Morgan fingerprint density at radius 2 is 2.24 bits per heavy atom. The van der Waals surface area contributed by atoms with Crippen molar-refractivity contribution >= 4 is 5.91 Å². The fraction of sp³-hybridized carbons (Fsp3) is 0.417. The maximum absolute atomic E-state index is 13.5. The first-order chi connectivity index (χ1) is 8.19. The molecule has 0 unspecified atom stereocenters. The fourth-order valence-electron chi connectivity index (χ4n) is 1.34. The molecule has 0 aliphatic rings. The Bertz CT molecular complexity index is 382. The molecule has 0 aliphatic carbocycles. The molecule has 1 amide bonds. The van der Waals surface area contributed by atoms with Crippen molar-refractivity contribution in [3.8, 4) is 5.75 Å². The van der Waals surface area contributed by atoms with Crippen LogP contribution >= 0.6 is 0 Å². The zero-order chi connectivity index (χ0) is 12.7. The number of benzene rings is 1. The monoisotopic (exact) mass is 241 g/mol. The molecule has 0 bridgehead atoms. The smallest absolute Gasteiger partial charge is 0.254 e. The van der Waals surface area contributed by atoms with Crippen LogP contribution in [0.2, 0.25) is 0 Å². The normalized spacial score (nSPS) is 10.1. The Morgan fingerprint density at radius 1 is 1.47 bits per heavy atom. The van der Waals surface area contributed by atoms with Crippen LogP contribution in [0.3, 0.4) is 0 Å². The number of aliphatic hydroxyl groups is 1. The second-order valence-corrected chi connectivity index (χ2v) is 3.53. The number of aliphatic hydroxyl groups excluding tert-OH is 1. The Balaban J connectivity index is 2.57. The number of halogens is 1. The lowest BCUT2D eigenvalue weighted by Crippen LogP contribution is -2.25. The molecule has 94 valence electrons. The van der Waals surface area contributed by atoms with E-state index in [9.17, 15) is 9.18 Å². The van der Waals surface area contributed by atoms with Gasteiger partial charge in [0.25, 0.3) is 5.91 Å². The van der Waals surface area contributed by atoms with Crippen LogP contribution in [0.4, 0.5) is 4.39 Å². The van der Waals surface area contributed by atoms with Gasteiger partial charge in [0.15, 0.2) is 0 Å². The van der Waals surface area contributed by atoms with Crippen LogP contribution in [0.25, 0.3) is 0 Å². The lowest BCUT2D eigenvalue weighted by atomic mass is 10.2. The van der Waals surface area contributed by atoms with Crippen molar-refractivity contribution in [3.05, 3.63) is 29.6 Å². The van der Waals surface area contributed by atoms with Crippen LogP contribution < -0.4 is 10.1 Å². The van der Waals surface area contributed by atoms with Crippen LogP contribution in [0.5, 0.6) is 5.75 Å². The van der Waals surface area contributed by atoms with E-state index in [1.165, 1.54) is 25.3 Å². The third kappa shape index (κ3) is 4.03. The maximum atomic E-state index is 13.5. The first kappa shape index (κ1) is 13.4. The molecular formula is C12H16FNO3. The van der Waals surface area contributed by atoms with Gasteiger partial charge in [0, 0.05) is 19.2 Å². The maximum Gasteiger partial charge on any atom is 0.254 e. The Labute approximate surface area is 99.4 Å². The van der Waals surface area contributed by atoms with Gasteiger partial charge in [0.05, 0.1) is 12.7 Å². The van der Waals surface area contributed by atoms with E-state index in [1.54, 1.807) is 0 Å². The number of rotatable bonds is 6. The number of methoxy groups -OCH3 is 1. The fourth-order valence-corrected chi connectivity index (χ4v) is 1.34. The van der Waals surface area contributed by atoms with Gasteiger partial charge in [0.2, 0.25) is 0 Å². The number of ether oxygens (including phenoxy) is 1. The topological polar surface area (TPSA) is 58.6 Å². The van der Waals surface area contributed by atoms with E-state index < -0.39 is 11.7 Å². The molecule has 1 aromatic carbocycles. The molecule has 1 rings (SSSR count). The van der Waals surface area contributed by atoms with Gasteiger partial charge >= 0.3 is 0 Å². The van der Waals surface area contributed by atoms with Crippen molar-refractivity contribution in [1.29, 1.82) is 0 Å². The van der Waals surface area contributed by atoms with Crippen molar-refractivity contribution in [2.24, 2.45) is 0 Å². The van der Waals surface area contributed by atoms with E-state index in [-0.39, 0.29) is 12.2 Å². The van der Waals surface area contributed by atoms with Crippen LogP contribution in [0.1, 0.15) is 23.2 Å². The average molecular weight is 241 g/mol. The largest absolute Gasteiger partial charge is 0.497 e. The summed E-state index contributed by atoms with van der Waals surface area (Å²) in [7, 11) is 1.43. The first-order valence-corrected chi connectivity index (χ1v) is 5.41. The minimum Gasteiger partial charge on any atom is -0.497 e. The first-order valence-electron chi connectivity index (χ1n) is 5.41. The standard InChI is InChI=1S/C12H16FNO3/c1-17-9-4-5-10(11(13)8-9)12(16)14-6-2-3-7-15/h4-5,8,15H,2-3,6-7H2,1H3,(H,14,16). The summed E-state index contributed by atoms with van der Waals surface area (Å²) in [6.07, 6.45) is 1.28. The summed E-state index contributed by atoms with van der Waals surface area (Å²) in [6, 6.07) is 4.09. The van der Waals surface area contributed by atoms with Gasteiger partial charge in [-0.3, -0.25) is 4.79 Å². The van der Waals surface area contributed by atoms with Crippen molar-refractivity contribution < 1.29 is 19.0 Å². The highest BCUT2D eigenvalue weighted by molar-refractivity contribution is 5.94. The highest BCUT2D eigenvalue weighted by Gasteiger charge is 2.11. The van der Waals surface area contributed by atoms with Gasteiger partial charge in [-0.05, 0) is 25.0 Å². The SMILES string of the molecule is COc1ccc(C(=O)NCCCCO)c(F)c1. The van der Waals surface area contributed by atoms with E-state index in [4.69, 9.17) is 9.84 Å². The summed E-state index contributed by atoms with van der Waals surface area (Å²) in [5, 5.41) is 11.1. The predicted molar refractivity (Wildman–Crippen MR) is 61.6 cm³/mol.